The number of hydrogen-bond acceptors (Lipinski definition) is 5. The van der Waals surface area contributed by atoms with E-state index in [1.807, 2.05) is 30.3 Å². The number of benzene rings is 3. The molecule has 2 aromatic heterocycles. The maximum Gasteiger partial charge on any atom is 0.254 e. The molecule has 0 aliphatic carbocycles. The predicted octanol–water partition coefficient (Wildman–Crippen LogP) is 3.65. The van der Waals surface area contributed by atoms with Gasteiger partial charge in [-0.3, -0.25) is 9.20 Å². The van der Waals surface area contributed by atoms with Crippen molar-refractivity contribution < 1.29 is 13.2 Å². The Balaban J connectivity index is 1.34. The van der Waals surface area contributed by atoms with Gasteiger partial charge in [-0.2, -0.15) is 0 Å². The quantitative estimate of drug-likeness (QED) is 0.449. The van der Waals surface area contributed by atoms with E-state index in [4.69, 9.17) is 0 Å². The first kappa shape index (κ1) is 19.9. The van der Waals surface area contributed by atoms with Crippen molar-refractivity contribution in [1.29, 1.82) is 0 Å². The number of rotatable bonds is 5. The van der Waals surface area contributed by atoms with Gasteiger partial charge >= 0.3 is 0 Å². The third-order valence-electron chi connectivity index (χ3n) is 5.23. The average molecular weight is 443 g/mol. The Morgan fingerprint density at radius 1 is 0.938 bits per heavy atom. The summed E-state index contributed by atoms with van der Waals surface area (Å²) < 4.78 is 28.1. The van der Waals surface area contributed by atoms with E-state index >= 15 is 0 Å². The van der Waals surface area contributed by atoms with Gasteiger partial charge in [-0.1, -0.05) is 48.5 Å². The Kier molecular flexibility index (Phi) is 4.91. The van der Waals surface area contributed by atoms with Crippen molar-refractivity contribution in [2.45, 2.75) is 16.3 Å². The van der Waals surface area contributed by atoms with Crippen molar-refractivity contribution in [1.82, 2.24) is 19.7 Å². The van der Waals surface area contributed by atoms with E-state index in [9.17, 15) is 13.2 Å². The summed E-state index contributed by atoms with van der Waals surface area (Å²) in [7, 11) is -3.68. The van der Waals surface area contributed by atoms with Gasteiger partial charge in [0.2, 0.25) is 15.6 Å². The number of hydrogen-bond donors (Lipinski definition) is 1. The molecule has 0 aliphatic heterocycles. The number of nitrogens with one attached hydrogen (secondary N) is 1. The summed E-state index contributed by atoms with van der Waals surface area (Å²) in [6, 6.07) is 19.2. The zero-order valence-corrected chi connectivity index (χ0v) is 17.7. The molecule has 32 heavy (non-hydrogen) atoms. The van der Waals surface area contributed by atoms with Crippen LogP contribution in [0.2, 0.25) is 0 Å². The zero-order chi connectivity index (χ0) is 22.1. The van der Waals surface area contributed by atoms with Gasteiger partial charge in [-0.25, -0.2) is 18.4 Å². The topological polar surface area (TPSA) is 93.4 Å². The van der Waals surface area contributed by atoms with E-state index in [0.717, 1.165) is 10.9 Å². The molecule has 3 aromatic carbocycles. The fourth-order valence-electron chi connectivity index (χ4n) is 3.56. The summed E-state index contributed by atoms with van der Waals surface area (Å²) in [5.41, 5.74) is 1.19. The second kappa shape index (κ2) is 7.90. The van der Waals surface area contributed by atoms with Crippen LogP contribution < -0.4 is 5.32 Å². The van der Waals surface area contributed by atoms with Crippen LogP contribution in [0, 0.1) is 0 Å². The highest BCUT2D eigenvalue weighted by molar-refractivity contribution is 7.91. The summed E-state index contributed by atoms with van der Waals surface area (Å²) in [5, 5.41) is 4.39. The van der Waals surface area contributed by atoms with Gasteiger partial charge in [-0.15, -0.1) is 0 Å². The van der Waals surface area contributed by atoms with Crippen LogP contribution in [-0.4, -0.2) is 28.7 Å². The molecule has 0 unspecified atom stereocenters. The molecule has 0 radical (unpaired) electrons. The summed E-state index contributed by atoms with van der Waals surface area (Å²) in [6.45, 7) is 0.259. The van der Waals surface area contributed by atoms with Crippen molar-refractivity contribution in [2.24, 2.45) is 0 Å². The molecule has 1 amide bonds. The third-order valence-corrected chi connectivity index (χ3v) is 7.06. The molecule has 0 fully saturated rings. The minimum absolute atomic E-state index is 0.207. The molecule has 1 N–H and O–H groups in total. The average Bonchev–Trinajstić information content (AvgIpc) is 3.30. The molecular formula is C24H18N4O3S. The summed E-state index contributed by atoms with van der Waals surface area (Å²) in [6.07, 6.45) is 6.45. The summed E-state index contributed by atoms with van der Waals surface area (Å²) in [5.74, 6) is 0.241. The molecule has 5 aromatic rings. The first-order valence-corrected chi connectivity index (χ1v) is 11.4. The molecule has 0 aliphatic rings. The largest absolute Gasteiger partial charge is 0.348 e. The number of carbonyl (C=O) groups is 1. The van der Waals surface area contributed by atoms with E-state index in [1.54, 1.807) is 59.4 Å². The summed E-state index contributed by atoms with van der Waals surface area (Å²) >= 11 is 0. The Labute approximate surface area is 184 Å². The van der Waals surface area contributed by atoms with Crippen molar-refractivity contribution in [3.8, 4) is 0 Å². The van der Waals surface area contributed by atoms with Crippen LogP contribution in [0.15, 0.2) is 101 Å². The highest BCUT2D eigenvalue weighted by atomic mass is 32.2. The van der Waals surface area contributed by atoms with E-state index in [0.29, 0.717) is 16.7 Å². The minimum Gasteiger partial charge on any atom is -0.348 e. The van der Waals surface area contributed by atoms with Crippen LogP contribution in [0.5, 0.6) is 0 Å². The van der Waals surface area contributed by atoms with E-state index in [-0.39, 0.29) is 22.2 Å². The Morgan fingerprint density at radius 3 is 2.56 bits per heavy atom. The maximum absolute atomic E-state index is 13.2. The molecule has 0 bridgehead atoms. The van der Waals surface area contributed by atoms with Crippen molar-refractivity contribution in [2.75, 3.05) is 0 Å². The molecule has 2 heterocycles. The van der Waals surface area contributed by atoms with Crippen LogP contribution in [-0.2, 0) is 16.4 Å². The lowest BCUT2D eigenvalue weighted by molar-refractivity contribution is 0.0950. The van der Waals surface area contributed by atoms with Crippen molar-refractivity contribution in [3.63, 3.8) is 0 Å². The van der Waals surface area contributed by atoms with Crippen molar-refractivity contribution >= 4 is 32.3 Å². The predicted molar refractivity (Wildman–Crippen MR) is 120 cm³/mol. The molecule has 0 spiro atoms. The standard InChI is InChI=1S/C24H18N4O3S/c29-23(19-15-27-24-25-12-13-28(24)16-19)26-14-17-8-10-20(11-9-17)32(30,31)22-7-3-5-18-4-1-2-6-21(18)22/h1-13,15-16H,14H2,(H,26,29). The maximum atomic E-state index is 13.2. The number of imidazole rings is 1. The highest BCUT2D eigenvalue weighted by Crippen LogP contribution is 2.28. The first-order chi connectivity index (χ1) is 15.5. The lowest BCUT2D eigenvalue weighted by Gasteiger charge is -2.10. The van der Waals surface area contributed by atoms with Gasteiger partial charge in [0.25, 0.3) is 5.91 Å². The lowest BCUT2D eigenvalue weighted by Crippen LogP contribution is -2.23. The van der Waals surface area contributed by atoms with Gasteiger partial charge in [0, 0.05) is 36.7 Å². The summed E-state index contributed by atoms with van der Waals surface area (Å²) in [4.78, 5) is 21.1. The Hall–Kier alpha value is -4.04. The monoisotopic (exact) mass is 442 g/mol. The minimum atomic E-state index is -3.68. The van der Waals surface area contributed by atoms with Gasteiger partial charge in [0.15, 0.2) is 0 Å². The van der Waals surface area contributed by atoms with E-state index in [2.05, 4.69) is 15.3 Å². The van der Waals surface area contributed by atoms with Gasteiger partial charge in [-0.05, 0) is 29.1 Å². The van der Waals surface area contributed by atoms with Crippen molar-refractivity contribution in [3.05, 3.63) is 103 Å². The fraction of sp³-hybridized carbons (Fsp3) is 0.0417. The van der Waals surface area contributed by atoms with Crippen LogP contribution in [0.1, 0.15) is 15.9 Å². The molecule has 0 atom stereocenters. The fourth-order valence-corrected chi connectivity index (χ4v) is 5.04. The lowest BCUT2D eigenvalue weighted by atomic mass is 10.1. The SMILES string of the molecule is O=C(NCc1ccc(S(=O)(=O)c2cccc3ccccc23)cc1)c1cnc2nccn2c1. The molecule has 8 heteroatoms. The van der Waals surface area contributed by atoms with Gasteiger partial charge in [0.05, 0.1) is 15.4 Å². The first-order valence-electron chi connectivity index (χ1n) is 9.91. The van der Waals surface area contributed by atoms with E-state index < -0.39 is 9.84 Å². The van der Waals surface area contributed by atoms with Crippen LogP contribution >= 0.6 is 0 Å². The molecule has 5 rings (SSSR count). The highest BCUT2D eigenvalue weighted by Gasteiger charge is 2.20. The number of nitrogens with zero attached hydrogens (tertiary/aromatic N) is 3. The van der Waals surface area contributed by atoms with E-state index in [1.165, 1.54) is 6.20 Å². The Morgan fingerprint density at radius 2 is 1.72 bits per heavy atom. The van der Waals surface area contributed by atoms with Crippen LogP contribution in [0.25, 0.3) is 16.6 Å². The molecular weight excluding hydrogens is 424 g/mol. The number of fused-ring (bicyclic) bond motifs is 2. The number of aromatic nitrogens is 3. The van der Waals surface area contributed by atoms with Gasteiger partial charge in [0.1, 0.15) is 0 Å². The second-order valence-electron chi connectivity index (χ2n) is 7.28. The number of amides is 1. The molecule has 7 nitrogen and oxygen atoms in total. The molecule has 0 saturated heterocycles. The number of carbonyl (C=O) groups excluding carboxylic acids is 1. The van der Waals surface area contributed by atoms with Gasteiger partial charge < -0.3 is 5.32 Å². The van der Waals surface area contributed by atoms with Crippen LogP contribution in [0.4, 0.5) is 0 Å². The normalized spacial score (nSPS) is 11.6. The third kappa shape index (κ3) is 3.61. The number of sulfone groups is 1. The second-order valence-corrected chi connectivity index (χ2v) is 9.20. The molecule has 0 saturated carbocycles. The smallest absolute Gasteiger partial charge is 0.254 e. The van der Waals surface area contributed by atoms with Crippen LogP contribution in [0.3, 0.4) is 0 Å². The zero-order valence-electron chi connectivity index (χ0n) is 16.8. The Bertz CT molecular complexity index is 1550. The molecule has 158 valence electrons.